The molecular formula is C20H19F3N2O4. The number of benzene rings is 2. The number of rotatable bonds is 5. The molecule has 2 aromatic rings. The first-order chi connectivity index (χ1) is 13.7. The van der Waals surface area contributed by atoms with Gasteiger partial charge in [-0.25, -0.2) is 4.79 Å². The Morgan fingerprint density at radius 1 is 1.14 bits per heavy atom. The molecule has 0 unspecified atom stereocenters. The lowest BCUT2D eigenvalue weighted by Gasteiger charge is -2.33. The lowest BCUT2D eigenvalue weighted by atomic mass is 9.83. The van der Waals surface area contributed by atoms with Gasteiger partial charge in [0.05, 0.1) is 10.5 Å². The Labute approximate surface area is 164 Å². The number of carboxylic acids is 1. The van der Waals surface area contributed by atoms with Crippen LogP contribution in [-0.2, 0) is 12.7 Å². The molecule has 0 spiro atoms. The third-order valence-electron chi connectivity index (χ3n) is 5.18. The number of nitro groups is 1. The summed E-state index contributed by atoms with van der Waals surface area (Å²) >= 11 is 0. The van der Waals surface area contributed by atoms with Gasteiger partial charge in [-0.3, -0.25) is 15.0 Å². The largest absolute Gasteiger partial charge is 0.477 e. The van der Waals surface area contributed by atoms with Crippen LogP contribution in [0.4, 0.5) is 18.9 Å². The van der Waals surface area contributed by atoms with Crippen molar-refractivity contribution in [2.75, 3.05) is 13.1 Å². The van der Waals surface area contributed by atoms with E-state index >= 15 is 0 Å². The van der Waals surface area contributed by atoms with E-state index in [9.17, 15) is 33.2 Å². The Kier molecular flexibility index (Phi) is 5.88. The number of alkyl halides is 3. The molecule has 0 saturated carbocycles. The predicted molar refractivity (Wildman–Crippen MR) is 98.8 cm³/mol. The Balaban J connectivity index is 1.92. The van der Waals surface area contributed by atoms with Gasteiger partial charge in [-0.1, -0.05) is 30.3 Å². The van der Waals surface area contributed by atoms with Crippen molar-refractivity contribution in [3.8, 4) is 0 Å². The maximum atomic E-state index is 13.6. The number of nitro benzene ring substituents is 1. The van der Waals surface area contributed by atoms with E-state index in [2.05, 4.69) is 4.90 Å². The summed E-state index contributed by atoms with van der Waals surface area (Å²) in [6, 6.07) is 10.9. The summed E-state index contributed by atoms with van der Waals surface area (Å²) in [5, 5.41) is 20.8. The normalized spacial score (nSPS) is 16.0. The molecule has 3 rings (SSSR count). The van der Waals surface area contributed by atoms with Crippen molar-refractivity contribution >= 4 is 11.7 Å². The van der Waals surface area contributed by atoms with Crippen molar-refractivity contribution < 1.29 is 28.0 Å². The van der Waals surface area contributed by atoms with Crippen molar-refractivity contribution in [1.29, 1.82) is 0 Å². The number of piperidine rings is 1. The van der Waals surface area contributed by atoms with Crippen LogP contribution >= 0.6 is 0 Å². The van der Waals surface area contributed by atoms with E-state index < -0.39 is 45.4 Å². The van der Waals surface area contributed by atoms with Gasteiger partial charge >= 0.3 is 12.1 Å². The highest BCUT2D eigenvalue weighted by Crippen LogP contribution is 2.44. The second kappa shape index (κ2) is 8.20. The van der Waals surface area contributed by atoms with E-state index in [-0.39, 0.29) is 12.8 Å². The summed E-state index contributed by atoms with van der Waals surface area (Å²) in [7, 11) is 0. The fourth-order valence-corrected chi connectivity index (χ4v) is 3.86. The van der Waals surface area contributed by atoms with Crippen LogP contribution in [0.5, 0.6) is 0 Å². The number of carboxylic acid groups (broad SMARTS) is 1. The first-order valence-electron chi connectivity index (χ1n) is 9.06. The van der Waals surface area contributed by atoms with Gasteiger partial charge in [0.25, 0.3) is 5.69 Å². The molecule has 1 N–H and O–H groups in total. The molecule has 0 aromatic heterocycles. The van der Waals surface area contributed by atoms with Crippen LogP contribution in [-0.4, -0.2) is 34.0 Å². The number of halogens is 3. The molecule has 1 saturated heterocycles. The van der Waals surface area contributed by atoms with E-state index in [1.807, 2.05) is 30.3 Å². The Morgan fingerprint density at radius 2 is 1.76 bits per heavy atom. The van der Waals surface area contributed by atoms with Crippen LogP contribution in [0.2, 0.25) is 0 Å². The fourth-order valence-electron chi connectivity index (χ4n) is 3.86. The van der Waals surface area contributed by atoms with E-state index in [0.717, 1.165) is 5.56 Å². The van der Waals surface area contributed by atoms with Crippen LogP contribution in [0.1, 0.15) is 45.8 Å². The molecule has 1 fully saturated rings. The number of nitrogens with zero attached hydrogens (tertiary/aromatic N) is 2. The Morgan fingerprint density at radius 3 is 2.28 bits per heavy atom. The van der Waals surface area contributed by atoms with Crippen molar-refractivity contribution in [3.05, 3.63) is 74.8 Å². The lowest BCUT2D eigenvalue weighted by Crippen LogP contribution is -2.33. The molecule has 6 nitrogen and oxygen atoms in total. The van der Waals surface area contributed by atoms with Gasteiger partial charge in [-0.15, -0.1) is 0 Å². The van der Waals surface area contributed by atoms with E-state index in [0.29, 0.717) is 31.8 Å². The Bertz CT molecular complexity index is 908. The first kappa shape index (κ1) is 20.8. The van der Waals surface area contributed by atoms with Crippen LogP contribution < -0.4 is 0 Å². The molecule has 29 heavy (non-hydrogen) atoms. The summed E-state index contributed by atoms with van der Waals surface area (Å²) < 4.78 is 40.7. The summed E-state index contributed by atoms with van der Waals surface area (Å²) in [6.45, 7) is 1.56. The second-order valence-corrected chi connectivity index (χ2v) is 7.02. The Hall–Kier alpha value is -2.94. The minimum atomic E-state index is -4.81. The fraction of sp³-hybridized carbons (Fsp3) is 0.350. The highest BCUT2D eigenvalue weighted by Gasteiger charge is 2.42. The summed E-state index contributed by atoms with van der Waals surface area (Å²) in [6.07, 6.45) is -4.25. The van der Waals surface area contributed by atoms with Crippen LogP contribution in [0, 0.1) is 10.1 Å². The minimum absolute atomic E-state index is 0.278. The van der Waals surface area contributed by atoms with Crippen molar-refractivity contribution in [3.63, 3.8) is 0 Å². The van der Waals surface area contributed by atoms with Crippen LogP contribution in [0.25, 0.3) is 0 Å². The second-order valence-electron chi connectivity index (χ2n) is 7.02. The average Bonchev–Trinajstić information content (AvgIpc) is 2.67. The lowest BCUT2D eigenvalue weighted by molar-refractivity contribution is -0.386. The molecule has 1 heterocycles. The van der Waals surface area contributed by atoms with Gasteiger partial charge in [0.2, 0.25) is 0 Å². The SMILES string of the molecule is O=C(O)c1ccc(C(F)(F)F)c(C2CCN(Cc3ccccc3)CC2)c1[N+](=O)[O-]. The molecule has 9 heteroatoms. The predicted octanol–water partition coefficient (Wildman–Crippen LogP) is 4.69. The third-order valence-corrected chi connectivity index (χ3v) is 5.18. The van der Waals surface area contributed by atoms with Gasteiger partial charge in [-0.2, -0.15) is 13.2 Å². The number of hydrogen-bond acceptors (Lipinski definition) is 4. The number of likely N-dealkylation sites (tertiary alicyclic amines) is 1. The monoisotopic (exact) mass is 408 g/mol. The van der Waals surface area contributed by atoms with Gasteiger partial charge in [0, 0.05) is 12.1 Å². The number of aromatic carboxylic acids is 1. The van der Waals surface area contributed by atoms with Crippen LogP contribution in [0.3, 0.4) is 0 Å². The quantitative estimate of drug-likeness (QED) is 0.573. The molecule has 1 aliphatic rings. The van der Waals surface area contributed by atoms with Gasteiger partial charge in [0.1, 0.15) is 5.56 Å². The molecule has 0 atom stereocenters. The molecule has 0 radical (unpaired) electrons. The highest BCUT2D eigenvalue weighted by molar-refractivity contribution is 5.93. The standard InChI is InChI=1S/C20H19F3N2O4/c21-20(22,23)16-7-6-15(19(26)27)18(25(28)29)17(16)14-8-10-24(11-9-14)12-13-4-2-1-3-5-13/h1-7,14H,8-12H2,(H,26,27). The minimum Gasteiger partial charge on any atom is -0.477 e. The van der Waals surface area contributed by atoms with Crippen molar-refractivity contribution in [2.45, 2.75) is 31.5 Å². The number of hydrogen-bond donors (Lipinski definition) is 1. The summed E-state index contributed by atoms with van der Waals surface area (Å²) in [4.78, 5) is 24.0. The smallest absolute Gasteiger partial charge is 0.416 e. The van der Waals surface area contributed by atoms with E-state index in [1.54, 1.807) is 0 Å². The van der Waals surface area contributed by atoms with Crippen molar-refractivity contribution in [2.24, 2.45) is 0 Å². The zero-order valence-electron chi connectivity index (χ0n) is 15.4. The molecular weight excluding hydrogens is 389 g/mol. The van der Waals surface area contributed by atoms with Crippen LogP contribution in [0.15, 0.2) is 42.5 Å². The molecule has 154 valence electrons. The van der Waals surface area contributed by atoms with E-state index in [1.165, 1.54) is 0 Å². The topological polar surface area (TPSA) is 83.7 Å². The third kappa shape index (κ3) is 4.56. The zero-order chi connectivity index (χ0) is 21.2. The summed E-state index contributed by atoms with van der Waals surface area (Å²) in [5.41, 5.74) is -2.24. The van der Waals surface area contributed by atoms with Gasteiger partial charge < -0.3 is 5.11 Å². The maximum Gasteiger partial charge on any atom is 0.416 e. The molecule has 0 bridgehead atoms. The zero-order valence-corrected chi connectivity index (χ0v) is 15.4. The van der Waals surface area contributed by atoms with Gasteiger partial charge in [0.15, 0.2) is 0 Å². The first-order valence-corrected chi connectivity index (χ1v) is 9.06. The maximum absolute atomic E-state index is 13.6. The average molecular weight is 408 g/mol. The summed E-state index contributed by atoms with van der Waals surface area (Å²) in [5.74, 6) is -2.36. The highest BCUT2D eigenvalue weighted by atomic mass is 19.4. The molecule has 1 aliphatic heterocycles. The van der Waals surface area contributed by atoms with Gasteiger partial charge in [-0.05, 0) is 49.5 Å². The molecule has 0 aliphatic carbocycles. The van der Waals surface area contributed by atoms with Crippen molar-refractivity contribution in [1.82, 2.24) is 4.90 Å². The molecule has 0 amide bonds. The number of carbonyl (C=O) groups is 1. The molecule has 2 aromatic carbocycles. The van der Waals surface area contributed by atoms with E-state index in [4.69, 9.17) is 0 Å².